The summed E-state index contributed by atoms with van der Waals surface area (Å²) < 4.78 is 26.6. The van der Waals surface area contributed by atoms with E-state index in [1.807, 2.05) is 13.8 Å². The predicted octanol–water partition coefficient (Wildman–Crippen LogP) is 2.02. The quantitative estimate of drug-likeness (QED) is 0.572. The van der Waals surface area contributed by atoms with Gasteiger partial charge in [-0.1, -0.05) is 10.4 Å². The number of furan rings is 1. The van der Waals surface area contributed by atoms with Crippen LogP contribution in [-0.4, -0.2) is 74.6 Å². The van der Waals surface area contributed by atoms with Crippen LogP contribution in [0.3, 0.4) is 0 Å². The van der Waals surface area contributed by atoms with E-state index in [0.717, 1.165) is 11.3 Å². The molecule has 1 fully saturated rings. The third-order valence-electron chi connectivity index (χ3n) is 5.59. The molecule has 0 spiro atoms. The minimum atomic E-state index is -1.15. The molecule has 0 radical (unpaired) electrons. The van der Waals surface area contributed by atoms with Crippen molar-refractivity contribution in [3.05, 3.63) is 52.6 Å². The van der Waals surface area contributed by atoms with Gasteiger partial charge in [-0.2, -0.15) is 0 Å². The van der Waals surface area contributed by atoms with E-state index in [-0.39, 0.29) is 42.8 Å². The maximum atomic E-state index is 14.2. The Morgan fingerprint density at radius 1 is 1.28 bits per heavy atom. The molecule has 170 valence electrons. The molecule has 0 N–H and O–H groups in total. The van der Waals surface area contributed by atoms with Crippen LogP contribution >= 0.6 is 0 Å². The largest absolute Gasteiger partial charge is 0.456 e. The highest BCUT2D eigenvalue weighted by Crippen LogP contribution is 2.26. The number of hydrogen-bond donors (Lipinski definition) is 0. The lowest BCUT2D eigenvalue weighted by Gasteiger charge is -2.23. The first-order valence-corrected chi connectivity index (χ1v) is 10.3. The molecule has 0 bridgehead atoms. The molecule has 0 saturated carbocycles. The summed E-state index contributed by atoms with van der Waals surface area (Å²) in [7, 11) is 3.24. The van der Waals surface area contributed by atoms with E-state index < -0.39 is 12.2 Å². The van der Waals surface area contributed by atoms with Crippen LogP contribution in [0.5, 0.6) is 0 Å². The molecule has 1 aliphatic rings. The standard InChI is InChI=1S/C21H25FN6O4/c1-12-17(13(2)32-24-12)8-16-5-6-19(31-16)21(30)28-9-14(22)7-15(28)10-27-11-18(23-25-27)20(29)26(3)4/h5-6,11,14-15H,7-10H2,1-4H3/t14-,15-/m0/s1. The number of rotatable bonds is 6. The molecule has 2 amide bonds. The van der Waals surface area contributed by atoms with Gasteiger partial charge in [-0.15, -0.1) is 5.10 Å². The number of aryl methyl sites for hydroxylation is 2. The number of amides is 2. The summed E-state index contributed by atoms with van der Waals surface area (Å²) in [6.07, 6.45) is 0.984. The van der Waals surface area contributed by atoms with Crippen molar-refractivity contribution in [3.8, 4) is 0 Å². The van der Waals surface area contributed by atoms with Crippen molar-refractivity contribution >= 4 is 11.8 Å². The SMILES string of the molecule is Cc1noc(C)c1Cc1ccc(C(=O)N2C[C@@H](F)C[C@H]2Cn2cc(C(=O)N(C)C)nn2)o1. The summed E-state index contributed by atoms with van der Waals surface area (Å²) in [6, 6.07) is 2.90. The smallest absolute Gasteiger partial charge is 0.289 e. The minimum absolute atomic E-state index is 0.0262. The van der Waals surface area contributed by atoms with E-state index in [4.69, 9.17) is 8.94 Å². The molecule has 3 aromatic rings. The Kier molecular flexibility index (Phi) is 5.81. The highest BCUT2D eigenvalue weighted by Gasteiger charge is 2.37. The third kappa shape index (κ3) is 4.27. The summed E-state index contributed by atoms with van der Waals surface area (Å²) in [4.78, 5) is 28.0. The zero-order chi connectivity index (χ0) is 23.0. The lowest BCUT2D eigenvalue weighted by atomic mass is 10.1. The van der Waals surface area contributed by atoms with Crippen LogP contribution < -0.4 is 0 Å². The van der Waals surface area contributed by atoms with Gasteiger partial charge in [0, 0.05) is 32.5 Å². The molecule has 0 unspecified atom stereocenters. The van der Waals surface area contributed by atoms with Crippen molar-refractivity contribution in [2.45, 2.75) is 45.4 Å². The lowest BCUT2D eigenvalue weighted by molar-refractivity contribution is 0.0680. The molecule has 11 heteroatoms. The fraction of sp³-hybridized carbons (Fsp3) is 0.476. The van der Waals surface area contributed by atoms with Crippen molar-refractivity contribution in [2.24, 2.45) is 0 Å². The van der Waals surface area contributed by atoms with Gasteiger partial charge in [0.15, 0.2) is 11.5 Å². The average Bonchev–Trinajstić information content (AvgIpc) is 3.53. The Labute approximate surface area is 183 Å². The number of halogens is 1. The maximum absolute atomic E-state index is 14.2. The van der Waals surface area contributed by atoms with Crippen LogP contribution in [0.4, 0.5) is 4.39 Å². The van der Waals surface area contributed by atoms with Crippen LogP contribution in [0.15, 0.2) is 27.3 Å². The first-order chi connectivity index (χ1) is 15.2. The van der Waals surface area contributed by atoms with Crippen molar-refractivity contribution in [1.29, 1.82) is 0 Å². The van der Waals surface area contributed by atoms with Crippen molar-refractivity contribution in [1.82, 2.24) is 30.0 Å². The van der Waals surface area contributed by atoms with E-state index in [1.165, 1.54) is 20.7 Å². The fourth-order valence-corrected chi connectivity index (χ4v) is 3.87. The van der Waals surface area contributed by atoms with Crippen molar-refractivity contribution in [2.75, 3.05) is 20.6 Å². The Morgan fingerprint density at radius 2 is 2.06 bits per heavy atom. The Balaban J connectivity index is 1.47. The third-order valence-corrected chi connectivity index (χ3v) is 5.59. The lowest BCUT2D eigenvalue weighted by Crippen LogP contribution is -2.38. The minimum Gasteiger partial charge on any atom is -0.456 e. The molecule has 10 nitrogen and oxygen atoms in total. The average molecular weight is 444 g/mol. The van der Waals surface area contributed by atoms with Crippen molar-refractivity contribution < 1.29 is 22.9 Å². The number of likely N-dealkylation sites (tertiary alicyclic amines) is 1. The van der Waals surface area contributed by atoms with Gasteiger partial charge in [0.25, 0.3) is 11.8 Å². The maximum Gasteiger partial charge on any atom is 0.289 e. The summed E-state index contributed by atoms with van der Waals surface area (Å²) in [5, 5.41) is 11.8. The van der Waals surface area contributed by atoms with E-state index >= 15 is 0 Å². The van der Waals surface area contributed by atoms with Gasteiger partial charge in [-0.3, -0.25) is 9.59 Å². The van der Waals surface area contributed by atoms with E-state index in [1.54, 1.807) is 26.2 Å². The van der Waals surface area contributed by atoms with E-state index in [9.17, 15) is 14.0 Å². The molecule has 1 aliphatic heterocycles. The fourth-order valence-electron chi connectivity index (χ4n) is 3.87. The van der Waals surface area contributed by atoms with Crippen molar-refractivity contribution in [3.63, 3.8) is 0 Å². The number of carbonyl (C=O) groups is 2. The normalized spacial score (nSPS) is 18.3. The molecule has 3 aromatic heterocycles. The zero-order valence-corrected chi connectivity index (χ0v) is 18.4. The highest BCUT2D eigenvalue weighted by molar-refractivity contribution is 5.92. The molecule has 1 saturated heterocycles. The Hall–Kier alpha value is -3.50. The molecule has 0 aromatic carbocycles. The molecular weight excluding hydrogens is 419 g/mol. The number of alkyl halides is 1. The van der Waals surface area contributed by atoms with Crippen LogP contribution in [0, 0.1) is 13.8 Å². The van der Waals surface area contributed by atoms with Gasteiger partial charge in [0.2, 0.25) is 0 Å². The second kappa shape index (κ2) is 8.56. The second-order valence-corrected chi connectivity index (χ2v) is 8.22. The molecular formula is C21H25FN6O4. The van der Waals surface area contributed by atoms with Gasteiger partial charge in [-0.25, -0.2) is 9.07 Å². The summed E-state index contributed by atoms with van der Waals surface area (Å²) in [6.45, 7) is 3.87. The Morgan fingerprint density at radius 3 is 2.75 bits per heavy atom. The van der Waals surface area contributed by atoms with Crippen LogP contribution in [0.1, 0.15) is 50.2 Å². The van der Waals surface area contributed by atoms with Gasteiger partial charge in [0.05, 0.1) is 31.0 Å². The number of nitrogens with zero attached hydrogens (tertiary/aromatic N) is 6. The molecule has 0 aliphatic carbocycles. The second-order valence-electron chi connectivity index (χ2n) is 8.22. The number of aromatic nitrogens is 4. The van der Waals surface area contributed by atoms with Crippen LogP contribution in [-0.2, 0) is 13.0 Å². The monoisotopic (exact) mass is 444 g/mol. The first kappa shape index (κ1) is 21.7. The predicted molar refractivity (Wildman–Crippen MR) is 110 cm³/mol. The summed E-state index contributed by atoms with van der Waals surface area (Å²) in [5.41, 5.74) is 1.87. The number of carbonyl (C=O) groups excluding carboxylic acids is 2. The molecule has 4 heterocycles. The van der Waals surface area contributed by atoms with Gasteiger partial charge in [-0.05, 0) is 26.0 Å². The highest BCUT2D eigenvalue weighted by atomic mass is 19.1. The van der Waals surface area contributed by atoms with E-state index in [0.29, 0.717) is 17.9 Å². The molecule has 32 heavy (non-hydrogen) atoms. The molecule has 2 atom stereocenters. The van der Waals surface area contributed by atoms with Crippen LogP contribution in [0.2, 0.25) is 0 Å². The first-order valence-electron chi connectivity index (χ1n) is 10.3. The number of hydrogen-bond acceptors (Lipinski definition) is 7. The topological polar surface area (TPSA) is 110 Å². The van der Waals surface area contributed by atoms with Gasteiger partial charge in [0.1, 0.15) is 17.7 Å². The van der Waals surface area contributed by atoms with Crippen LogP contribution in [0.25, 0.3) is 0 Å². The summed E-state index contributed by atoms with van der Waals surface area (Å²) in [5.74, 6) is 0.781. The Bertz CT molecular complexity index is 1110. The zero-order valence-electron chi connectivity index (χ0n) is 18.4. The van der Waals surface area contributed by atoms with Gasteiger partial charge < -0.3 is 18.7 Å². The molecule has 4 rings (SSSR count). The van der Waals surface area contributed by atoms with Gasteiger partial charge >= 0.3 is 0 Å². The summed E-state index contributed by atoms with van der Waals surface area (Å²) >= 11 is 0. The van der Waals surface area contributed by atoms with E-state index in [2.05, 4.69) is 15.5 Å².